The average molecular weight is 304 g/mol. The zero-order chi connectivity index (χ0) is 15.5. The lowest BCUT2D eigenvalue weighted by Crippen LogP contribution is -2.27. The first-order valence-corrected chi connectivity index (χ1v) is 6.43. The fraction of sp³-hybridized carbons (Fsp3) is 0.100. The van der Waals surface area contributed by atoms with E-state index >= 15 is 0 Å². The predicted molar refractivity (Wildman–Crippen MR) is 69.2 cm³/mol. The SMILES string of the molecule is Nc1c(OS(=O)(=O)O)cccc1C(O)=C[C@@H](N)C(=O)O. The third kappa shape index (κ3) is 4.12. The lowest BCUT2D eigenvalue weighted by molar-refractivity contribution is -0.137. The fourth-order valence-electron chi connectivity index (χ4n) is 1.28. The average Bonchev–Trinajstić information content (AvgIpc) is 2.29. The van der Waals surface area contributed by atoms with Gasteiger partial charge in [-0.1, -0.05) is 6.07 Å². The first-order valence-electron chi connectivity index (χ1n) is 5.06. The number of anilines is 1. The predicted octanol–water partition coefficient (Wildman–Crippen LogP) is -0.239. The van der Waals surface area contributed by atoms with E-state index in [0.717, 1.165) is 12.1 Å². The summed E-state index contributed by atoms with van der Waals surface area (Å²) in [6.45, 7) is 0. The molecule has 0 unspecified atom stereocenters. The molecule has 10 heteroatoms. The number of aliphatic hydroxyl groups is 1. The molecule has 1 aromatic rings. The summed E-state index contributed by atoms with van der Waals surface area (Å²) >= 11 is 0. The molecule has 1 rings (SSSR count). The second-order valence-electron chi connectivity index (χ2n) is 3.64. The molecule has 9 nitrogen and oxygen atoms in total. The van der Waals surface area contributed by atoms with E-state index in [9.17, 15) is 18.3 Å². The first-order chi connectivity index (χ1) is 9.11. The molecule has 0 aromatic heterocycles. The highest BCUT2D eigenvalue weighted by molar-refractivity contribution is 7.81. The van der Waals surface area contributed by atoms with Crippen molar-refractivity contribution in [2.75, 3.05) is 5.73 Å². The lowest BCUT2D eigenvalue weighted by atomic mass is 10.1. The molecule has 0 saturated carbocycles. The van der Waals surface area contributed by atoms with Crippen molar-refractivity contribution in [3.05, 3.63) is 29.8 Å². The second kappa shape index (κ2) is 5.77. The number of aliphatic carboxylic acids is 1. The minimum Gasteiger partial charge on any atom is -0.508 e. The topological polar surface area (TPSA) is 173 Å². The van der Waals surface area contributed by atoms with Gasteiger partial charge in [-0.25, -0.2) is 0 Å². The van der Waals surface area contributed by atoms with Crippen molar-refractivity contribution in [3.8, 4) is 5.75 Å². The normalized spacial score (nSPS) is 13.8. The molecule has 0 aliphatic rings. The molecule has 0 spiro atoms. The van der Waals surface area contributed by atoms with Crippen LogP contribution in [0.3, 0.4) is 0 Å². The number of rotatable bonds is 5. The second-order valence-corrected chi connectivity index (χ2v) is 4.67. The van der Waals surface area contributed by atoms with E-state index in [1.165, 1.54) is 12.1 Å². The van der Waals surface area contributed by atoms with Crippen molar-refractivity contribution in [2.24, 2.45) is 5.73 Å². The zero-order valence-corrected chi connectivity index (χ0v) is 10.7. The molecule has 0 radical (unpaired) electrons. The minimum absolute atomic E-state index is 0.0946. The molecular formula is C10H12N2O7S. The number of carbonyl (C=O) groups is 1. The number of carboxylic acids is 1. The van der Waals surface area contributed by atoms with Crippen LogP contribution in [0, 0.1) is 0 Å². The summed E-state index contributed by atoms with van der Waals surface area (Å²) in [5.41, 5.74) is 10.4. The van der Waals surface area contributed by atoms with Gasteiger partial charge in [0.1, 0.15) is 11.8 Å². The van der Waals surface area contributed by atoms with Gasteiger partial charge in [0, 0.05) is 5.56 Å². The monoisotopic (exact) mass is 304 g/mol. The molecular weight excluding hydrogens is 292 g/mol. The maximum absolute atomic E-state index is 10.6. The number of nitrogens with two attached hydrogens (primary N) is 2. The smallest absolute Gasteiger partial charge is 0.446 e. The van der Waals surface area contributed by atoms with Crippen LogP contribution in [0.25, 0.3) is 5.76 Å². The number of para-hydroxylation sites is 1. The molecule has 0 fully saturated rings. The van der Waals surface area contributed by atoms with Crippen LogP contribution in [-0.2, 0) is 15.2 Å². The summed E-state index contributed by atoms with van der Waals surface area (Å²) in [6.07, 6.45) is 0.811. The molecule has 110 valence electrons. The summed E-state index contributed by atoms with van der Waals surface area (Å²) < 4.78 is 34.0. The van der Waals surface area contributed by atoms with Crippen molar-refractivity contribution in [2.45, 2.75) is 6.04 Å². The van der Waals surface area contributed by atoms with Crippen LogP contribution >= 0.6 is 0 Å². The number of hydrogen-bond acceptors (Lipinski definition) is 7. The Morgan fingerprint density at radius 1 is 1.35 bits per heavy atom. The number of aliphatic hydroxyl groups excluding tert-OH is 1. The Balaban J connectivity index is 3.21. The Labute approximate surface area is 114 Å². The quantitative estimate of drug-likeness (QED) is 0.279. The van der Waals surface area contributed by atoms with Gasteiger partial charge in [0.05, 0.1) is 5.69 Å². The molecule has 1 atom stereocenters. The van der Waals surface area contributed by atoms with Crippen molar-refractivity contribution >= 4 is 27.8 Å². The first kappa shape index (κ1) is 15.8. The van der Waals surface area contributed by atoms with Gasteiger partial charge < -0.3 is 25.9 Å². The summed E-state index contributed by atoms with van der Waals surface area (Å²) in [7, 11) is -4.78. The van der Waals surface area contributed by atoms with Gasteiger partial charge in [-0.05, 0) is 18.2 Å². The summed E-state index contributed by atoms with van der Waals surface area (Å²) in [6, 6.07) is 2.23. The highest BCUT2D eigenvalue weighted by atomic mass is 32.3. The molecule has 0 amide bonds. The van der Waals surface area contributed by atoms with Crippen LogP contribution in [0.2, 0.25) is 0 Å². The Morgan fingerprint density at radius 3 is 2.45 bits per heavy atom. The molecule has 20 heavy (non-hydrogen) atoms. The van der Waals surface area contributed by atoms with Crippen molar-refractivity contribution in [1.82, 2.24) is 0 Å². The minimum atomic E-state index is -4.78. The summed E-state index contributed by atoms with van der Waals surface area (Å²) in [5.74, 6) is -2.37. The van der Waals surface area contributed by atoms with E-state index in [0.29, 0.717) is 0 Å². The van der Waals surface area contributed by atoms with Crippen LogP contribution in [0.1, 0.15) is 5.56 Å². The van der Waals surface area contributed by atoms with Gasteiger partial charge in [0.2, 0.25) is 0 Å². The highest BCUT2D eigenvalue weighted by Gasteiger charge is 2.16. The van der Waals surface area contributed by atoms with Gasteiger partial charge in [-0.15, -0.1) is 0 Å². The molecule has 7 N–H and O–H groups in total. The van der Waals surface area contributed by atoms with Crippen molar-refractivity contribution in [1.29, 1.82) is 0 Å². The van der Waals surface area contributed by atoms with Gasteiger partial charge in [0.25, 0.3) is 0 Å². The third-order valence-corrected chi connectivity index (χ3v) is 2.55. The molecule has 0 heterocycles. The maximum atomic E-state index is 10.6. The van der Waals surface area contributed by atoms with Crippen LogP contribution in [0.15, 0.2) is 24.3 Å². The van der Waals surface area contributed by atoms with Gasteiger partial charge in [0.15, 0.2) is 5.75 Å². The van der Waals surface area contributed by atoms with E-state index in [1.54, 1.807) is 0 Å². The van der Waals surface area contributed by atoms with Crippen molar-refractivity contribution < 1.29 is 32.2 Å². The summed E-state index contributed by atoms with van der Waals surface area (Å²) in [5, 5.41) is 18.3. The van der Waals surface area contributed by atoms with Gasteiger partial charge >= 0.3 is 16.4 Å². The summed E-state index contributed by atoms with van der Waals surface area (Å²) in [4.78, 5) is 10.6. The van der Waals surface area contributed by atoms with Crippen LogP contribution in [0.5, 0.6) is 5.75 Å². The number of hydrogen-bond donors (Lipinski definition) is 5. The Bertz CT molecular complexity index is 654. The van der Waals surface area contributed by atoms with E-state index in [1.807, 2.05) is 0 Å². The van der Waals surface area contributed by atoms with E-state index < -0.39 is 33.9 Å². The molecule has 1 aromatic carbocycles. The highest BCUT2D eigenvalue weighted by Crippen LogP contribution is 2.30. The van der Waals surface area contributed by atoms with Crippen molar-refractivity contribution in [3.63, 3.8) is 0 Å². The van der Waals surface area contributed by atoms with E-state index in [-0.39, 0.29) is 11.3 Å². The number of nitrogen functional groups attached to an aromatic ring is 1. The number of carboxylic acid groups (broad SMARTS) is 1. The van der Waals surface area contributed by atoms with Crippen LogP contribution in [0.4, 0.5) is 5.69 Å². The third-order valence-electron chi connectivity index (χ3n) is 2.16. The van der Waals surface area contributed by atoms with Crippen LogP contribution in [-0.4, -0.2) is 35.2 Å². The molecule has 0 bridgehead atoms. The Hall–Kier alpha value is -2.30. The molecule has 0 aliphatic heterocycles. The largest absolute Gasteiger partial charge is 0.508 e. The van der Waals surface area contributed by atoms with E-state index in [4.69, 9.17) is 21.1 Å². The zero-order valence-electron chi connectivity index (χ0n) is 9.92. The molecule has 0 aliphatic carbocycles. The standard InChI is InChI=1S/C10H12N2O7S/c11-6(10(14)15)4-7(13)5-2-1-3-8(9(5)12)19-20(16,17)18/h1-4,6,13H,11-12H2,(H,14,15)(H,16,17,18)/t6-/m1/s1. The Kier molecular flexibility index (Phi) is 4.55. The molecule has 0 saturated heterocycles. The maximum Gasteiger partial charge on any atom is 0.446 e. The fourth-order valence-corrected chi connectivity index (χ4v) is 1.66. The number of benzene rings is 1. The Morgan fingerprint density at radius 2 is 1.95 bits per heavy atom. The lowest BCUT2D eigenvalue weighted by Gasteiger charge is -2.10. The van der Waals surface area contributed by atoms with Gasteiger partial charge in [-0.3, -0.25) is 9.35 Å². The van der Waals surface area contributed by atoms with Crippen LogP contribution < -0.4 is 15.7 Å². The van der Waals surface area contributed by atoms with E-state index in [2.05, 4.69) is 4.18 Å². The van der Waals surface area contributed by atoms with Gasteiger partial charge in [-0.2, -0.15) is 8.42 Å².